The van der Waals surface area contributed by atoms with Crippen LogP contribution in [0.1, 0.15) is 32.1 Å². The number of rotatable bonds is 20. The van der Waals surface area contributed by atoms with Crippen molar-refractivity contribution in [2.75, 3.05) is 42.6 Å². The van der Waals surface area contributed by atoms with Gasteiger partial charge >= 0.3 is 5.97 Å². The van der Waals surface area contributed by atoms with E-state index in [1.807, 2.05) is 18.8 Å². The van der Waals surface area contributed by atoms with Crippen molar-refractivity contribution in [3.8, 4) is 0 Å². The van der Waals surface area contributed by atoms with Crippen LogP contribution in [0.4, 0.5) is 0 Å². The van der Waals surface area contributed by atoms with Crippen LogP contribution in [-0.4, -0.2) is 101 Å². The predicted molar refractivity (Wildman–Crippen MR) is 150 cm³/mol. The lowest BCUT2D eigenvalue weighted by Gasteiger charge is -2.25. The van der Waals surface area contributed by atoms with E-state index in [-0.39, 0.29) is 12.4 Å². The third-order valence-corrected chi connectivity index (χ3v) is 6.95. The number of hydrogen-bond donors (Lipinski definition) is 7. The molecule has 0 aromatic heterocycles. The fourth-order valence-electron chi connectivity index (χ4n) is 2.98. The maximum atomic E-state index is 13.1. The van der Waals surface area contributed by atoms with E-state index < -0.39 is 47.9 Å². The first-order valence-electron chi connectivity index (χ1n) is 11.5. The van der Waals surface area contributed by atoms with E-state index in [4.69, 9.17) is 17.2 Å². The molecule has 15 heteroatoms. The third-order valence-electron chi connectivity index (χ3n) is 5.02. The minimum Gasteiger partial charge on any atom is -0.480 e. The Labute approximate surface area is 225 Å². The summed E-state index contributed by atoms with van der Waals surface area (Å²) in [4.78, 5) is 54.0. The zero-order chi connectivity index (χ0) is 27.5. The molecule has 0 bridgehead atoms. The first-order chi connectivity index (χ1) is 17.1. The maximum Gasteiger partial charge on any atom is 0.326 e. The van der Waals surface area contributed by atoms with Gasteiger partial charge in [0.1, 0.15) is 18.1 Å². The molecule has 10 N–H and O–H groups in total. The number of carbonyl (C=O) groups excluding carboxylic acids is 3. The minimum atomic E-state index is -1.13. The molecule has 0 aliphatic carbocycles. The second-order valence-electron chi connectivity index (χ2n) is 7.92. The Kier molecular flexibility index (Phi) is 19.2. The molecule has 0 saturated carbocycles. The highest BCUT2D eigenvalue weighted by Gasteiger charge is 2.29. The van der Waals surface area contributed by atoms with Gasteiger partial charge in [0.25, 0.3) is 0 Å². The van der Waals surface area contributed by atoms with Gasteiger partial charge in [-0.15, -0.1) is 0 Å². The lowest BCUT2D eigenvalue weighted by atomic mass is 10.1. The molecule has 0 radical (unpaired) electrons. The molecule has 0 aliphatic heterocycles. The number of nitrogens with zero attached hydrogens (tertiary/aromatic N) is 1. The molecular formula is C21H41N7O5S3. The van der Waals surface area contributed by atoms with Gasteiger partial charge in [-0.05, 0) is 68.1 Å². The number of nitrogens with two attached hydrogens (primary N) is 3. The van der Waals surface area contributed by atoms with Gasteiger partial charge < -0.3 is 38.3 Å². The van der Waals surface area contributed by atoms with Crippen molar-refractivity contribution in [3.63, 3.8) is 0 Å². The summed E-state index contributed by atoms with van der Waals surface area (Å²) in [5.41, 5.74) is 16.5. The number of thioether (sulfide) groups is 3. The minimum absolute atomic E-state index is 0.0409. The number of carboxylic acids is 1. The second-order valence-corrected chi connectivity index (χ2v) is 10.9. The summed E-state index contributed by atoms with van der Waals surface area (Å²) in [5.74, 6) is -1.03. The van der Waals surface area contributed by atoms with Crippen LogP contribution >= 0.6 is 35.3 Å². The smallest absolute Gasteiger partial charge is 0.326 e. The Morgan fingerprint density at radius 2 is 1.17 bits per heavy atom. The summed E-state index contributed by atoms with van der Waals surface area (Å²) in [6.45, 7) is 0.334. The molecule has 0 aliphatic rings. The van der Waals surface area contributed by atoms with Crippen molar-refractivity contribution in [1.82, 2.24) is 16.0 Å². The van der Waals surface area contributed by atoms with E-state index in [0.717, 1.165) is 0 Å². The molecule has 4 unspecified atom stereocenters. The van der Waals surface area contributed by atoms with E-state index in [9.17, 15) is 24.3 Å². The molecule has 36 heavy (non-hydrogen) atoms. The first-order valence-corrected chi connectivity index (χ1v) is 15.7. The summed E-state index contributed by atoms with van der Waals surface area (Å²) in [5, 5.41) is 17.3. The summed E-state index contributed by atoms with van der Waals surface area (Å²) in [6.07, 6.45) is 7.31. The van der Waals surface area contributed by atoms with Crippen molar-refractivity contribution >= 4 is 64.9 Å². The van der Waals surface area contributed by atoms with Crippen LogP contribution in [-0.2, 0) is 19.2 Å². The number of carboxylic acid groups (broad SMARTS) is 1. The fraction of sp³-hybridized carbons (Fsp3) is 0.762. The molecule has 0 fully saturated rings. The maximum absolute atomic E-state index is 13.1. The topological polar surface area (TPSA) is 215 Å². The van der Waals surface area contributed by atoms with Gasteiger partial charge in [0.05, 0.1) is 6.04 Å². The van der Waals surface area contributed by atoms with Crippen LogP contribution in [0.2, 0.25) is 0 Å². The fourth-order valence-corrected chi connectivity index (χ4v) is 4.39. The molecule has 12 nitrogen and oxygen atoms in total. The zero-order valence-electron chi connectivity index (χ0n) is 21.2. The largest absolute Gasteiger partial charge is 0.480 e. The quantitative estimate of drug-likeness (QED) is 0.0547. The van der Waals surface area contributed by atoms with Crippen LogP contribution in [0.25, 0.3) is 0 Å². The highest BCUT2D eigenvalue weighted by Crippen LogP contribution is 2.08. The number of guanidine groups is 1. The molecule has 4 atom stereocenters. The van der Waals surface area contributed by atoms with Gasteiger partial charge in [-0.25, -0.2) is 4.79 Å². The van der Waals surface area contributed by atoms with Crippen LogP contribution in [0.5, 0.6) is 0 Å². The molecule has 0 rings (SSSR count). The zero-order valence-corrected chi connectivity index (χ0v) is 23.6. The van der Waals surface area contributed by atoms with Crippen LogP contribution in [0.15, 0.2) is 4.99 Å². The SMILES string of the molecule is CSCCC(NC(=O)C(CCSC)NC(=O)C(CCSC)NC(=O)C(N)CCCN=C(N)N)C(=O)O. The lowest BCUT2D eigenvalue weighted by Crippen LogP contribution is -2.57. The van der Waals surface area contributed by atoms with Crippen LogP contribution < -0.4 is 33.2 Å². The molecule has 0 aromatic carbocycles. The summed E-state index contributed by atoms with van der Waals surface area (Å²) >= 11 is 4.48. The Balaban J connectivity index is 5.30. The molecule has 0 aromatic rings. The Morgan fingerprint density at radius 3 is 1.58 bits per heavy atom. The van der Waals surface area contributed by atoms with E-state index in [2.05, 4.69) is 20.9 Å². The Morgan fingerprint density at radius 1 is 0.750 bits per heavy atom. The molecule has 208 valence electrons. The summed E-state index contributed by atoms with van der Waals surface area (Å²) in [6, 6.07) is -3.75. The number of nitrogens with one attached hydrogen (secondary N) is 3. The van der Waals surface area contributed by atoms with Gasteiger partial charge in [-0.1, -0.05) is 0 Å². The molecule has 3 amide bonds. The molecular weight excluding hydrogens is 526 g/mol. The predicted octanol–water partition coefficient (Wildman–Crippen LogP) is -0.834. The van der Waals surface area contributed by atoms with Gasteiger partial charge in [-0.3, -0.25) is 19.4 Å². The molecule has 0 heterocycles. The highest BCUT2D eigenvalue weighted by molar-refractivity contribution is 7.98. The number of hydrogen-bond acceptors (Lipinski definition) is 9. The van der Waals surface area contributed by atoms with Gasteiger partial charge in [-0.2, -0.15) is 35.3 Å². The normalized spacial score (nSPS) is 14.1. The highest BCUT2D eigenvalue weighted by atomic mass is 32.2. The first kappa shape index (κ1) is 34.2. The summed E-state index contributed by atoms with van der Waals surface area (Å²) < 4.78 is 0. The van der Waals surface area contributed by atoms with E-state index >= 15 is 0 Å². The van der Waals surface area contributed by atoms with E-state index in [0.29, 0.717) is 49.5 Å². The Hall–Kier alpha value is -1.84. The van der Waals surface area contributed by atoms with E-state index in [1.165, 1.54) is 35.3 Å². The van der Waals surface area contributed by atoms with Gasteiger partial charge in [0.15, 0.2) is 5.96 Å². The number of amides is 3. The number of carbonyl (C=O) groups is 4. The van der Waals surface area contributed by atoms with Gasteiger partial charge in [0.2, 0.25) is 17.7 Å². The average molecular weight is 568 g/mol. The van der Waals surface area contributed by atoms with Crippen LogP contribution in [0, 0.1) is 0 Å². The van der Waals surface area contributed by atoms with Crippen molar-refractivity contribution in [2.24, 2.45) is 22.2 Å². The van der Waals surface area contributed by atoms with Crippen molar-refractivity contribution in [3.05, 3.63) is 0 Å². The van der Waals surface area contributed by atoms with Gasteiger partial charge in [0, 0.05) is 6.54 Å². The number of aliphatic imine (C=N–C) groups is 1. The Bertz CT molecular complexity index is 726. The second kappa shape index (κ2) is 20.2. The lowest BCUT2D eigenvalue weighted by molar-refractivity contribution is -0.142. The average Bonchev–Trinajstić information content (AvgIpc) is 2.83. The van der Waals surface area contributed by atoms with Crippen molar-refractivity contribution < 1.29 is 24.3 Å². The molecule has 0 spiro atoms. The van der Waals surface area contributed by atoms with Crippen LogP contribution in [0.3, 0.4) is 0 Å². The van der Waals surface area contributed by atoms with Crippen molar-refractivity contribution in [2.45, 2.75) is 56.3 Å². The number of aliphatic carboxylic acids is 1. The standard InChI is InChI=1S/C21H41N7O5S3/c1-34-10-6-14(26-17(29)13(22)5-4-9-25-21(23)24)18(30)27-15(7-11-35-2)19(31)28-16(20(32)33)8-12-36-3/h13-16H,4-12,22H2,1-3H3,(H,26,29)(H,27,30)(H,28,31)(H,32,33)(H4,23,24,25). The summed E-state index contributed by atoms with van der Waals surface area (Å²) in [7, 11) is 0. The van der Waals surface area contributed by atoms with Crippen molar-refractivity contribution in [1.29, 1.82) is 0 Å². The monoisotopic (exact) mass is 567 g/mol. The van der Waals surface area contributed by atoms with E-state index in [1.54, 1.807) is 0 Å². The third kappa shape index (κ3) is 15.3. The molecule has 0 saturated heterocycles.